The van der Waals surface area contributed by atoms with Crippen LogP contribution in [-0.4, -0.2) is 19.3 Å². The van der Waals surface area contributed by atoms with Gasteiger partial charge in [-0.05, 0) is 30.3 Å². The largest absolute Gasteiger partial charge is 0.508 e. The highest BCUT2D eigenvalue weighted by atomic mass is 16.5. The zero-order valence-corrected chi connectivity index (χ0v) is 11.2. The third-order valence-corrected chi connectivity index (χ3v) is 3.14. The molecular formula is C16H14O4. The minimum atomic E-state index is 0.136. The first-order valence-corrected chi connectivity index (χ1v) is 6.15. The predicted molar refractivity (Wildman–Crippen MR) is 76.4 cm³/mol. The zero-order valence-electron chi connectivity index (χ0n) is 11.2. The van der Waals surface area contributed by atoms with Gasteiger partial charge in [0.25, 0.3) is 0 Å². The molecule has 0 unspecified atom stereocenters. The molecule has 0 aliphatic heterocycles. The van der Waals surface area contributed by atoms with Gasteiger partial charge in [-0.3, -0.25) is 0 Å². The van der Waals surface area contributed by atoms with Crippen molar-refractivity contribution in [3.8, 4) is 28.6 Å². The van der Waals surface area contributed by atoms with E-state index in [-0.39, 0.29) is 5.75 Å². The summed E-state index contributed by atoms with van der Waals surface area (Å²) in [5, 5.41) is 10.7. The molecule has 4 nitrogen and oxygen atoms in total. The van der Waals surface area contributed by atoms with Gasteiger partial charge < -0.3 is 19.0 Å². The molecule has 1 aromatic heterocycles. The number of rotatable bonds is 3. The van der Waals surface area contributed by atoms with Crippen LogP contribution in [0.15, 0.2) is 46.9 Å². The average molecular weight is 270 g/mol. The fourth-order valence-corrected chi connectivity index (χ4v) is 2.12. The number of hydrogen-bond donors (Lipinski definition) is 1. The first-order chi connectivity index (χ1) is 9.69. The summed E-state index contributed by atoms with van der Waals surface area (Å²) in [5.41, 5.74) is 1.50. The van der Waals surface area contributed by atoms with Crippen molar-refractivity contribution in [2.24, 2.45) is 0 Å². The number of methoxy groups -OCH3 is 2. The van der Waals surface area contributed by atoms with E-state index in [0.717, 1.165) is 22.3 Å². The Kier molecular flexibility index (Phi) is 2.99. The SMILES string of the molecule is COc1cc(O)cc(-c2cc3ccc(OC)cc3o2)c1. The van der Waals surface area contributed by atoms with Crippen molar-refractivity contribution in [3.05, 3.63) is 42.5 Å². The molecule has 0 saturated carbocycles. The van der Waals surface area contributed by atoms with Gasteiger partial charge in [0.05, 0.1) is 14.2 Å². The Morgan fingerprint density at radius 1 is 0.900 bits per heavy atom. The van der Waals surface area contributed by atoms with Crippen LogP contribution in [-0.2, 0) is 0 Å². The molecule has 0 spiro atoms. The van der Waals surface area contributed by atoms with Gasteiger partial charge in [0.15, 0.2) is 0 Å². The molecule has 2 aromatic carbocycles. The number of aromatic hydroxyl groups is 1. The second-order valence-electron chi connectivity index (χ2n) is 4.43. The quantitative estimate of drug-likeness (QED) is 0.786. The molecule has 0 aliphatic rings. The van der Waals surface area contributed by atoms with E-state index >= 15 is 0 Å². The Hall–Kier alpha value is -2.62. The van der Waals surface area contributed by atoms with Crippen molar-refractivity contribution in [1.82, 2.24) is 0 Å². The van der Waals surface area contributed by atoms with E-state index in [2.05, 4.69) is 0 Å². The van der Waals surface area contributed by atoms with E-state index in [1.807, 2.05) is 30.3 Å². The molecule has 0 bridgehead atoms. The van der Waals surface area contributed by atoms with Gasteiger partial charge in [-0.1, -0.05) is 0 Å². The molecular weight excluding hydrogens is 256 g/mol. The Labute approximate surface area is 116 Å². The highest BCUT2D eigenvalue weighted by molar-refractivity contribution is 5.84. The van der Waals surface area contributed by atoms with Crippen molar-refractivity contribution in [1.29, 1.82) is 0 Å². The van der Waals surface area contributed by atoms with Crippen molar-refractivity contribution in [2.75, 3.05) is 14.2 Å². The lowest BCUT2D eigenvalue weighted by Crippen LogP contribution is -1.83. The van der Waals surface area contributed by atoms with Crippen LogP contribution >= 0.6 is 0 Å². The molecule has 20 heavy (non-hydrogen) atoms. The Morgan fingerprint density at radius 3 is 2.45 bits per heavy atom. The number of phenols is 1. The first kappa shape index (κ1) is 12.4. The molecule has 1 N–H and O–H groups in total. The summed E-state index contributed by atoms with van der Waals surface area (Å²) in [5.74, 6) is 2.13. The van der Waals surface area contributed by atoms with E-state index < -0.39 is 0 Å². The first-order valence-electron chi connectivity index (χ1n) is 6.15. The van der Waals surface area contributed by atoms with Crippen LogP contribution in [0.2, 0.25) is 0 Å². The van der Waals surface area contributed by atoms with Gasteiger partial charge in [0.2, 0.25) is 0 Å². The number of phenolic OH excluding ortho intramolecular Hbond substituents is 1. The van der Waals surface area contributed by atoms with Gasteiger partial charge in [0.1, 0.15) is 28.6 Å². The van der Waals surface area contributed by atoms with Crippen molar-refractivity contribution < 1.29 is 19.0 Å². The van der Waals surface area contributed by atoms with Gasteiger partial charge in [-0.25, -0.2) is 0 Å². The summed E-state index contributed by atoms with van der Waals surface area (Å²) in [7, 11) is 3.17. The summed E-state index contributed by atoms with van der Waals surface area (Å²) in [4.78, 5) is 0. The molecule has 0 atom stereocenters. The standard InChI is InChI=1S/C16H14O4/c1-18-13-4-3-10-7-15(20-16(10)9-13)11-5-12(17)8-14(6-11)19-2/h3-9,17H,1-2H3. The van der Waals surface area contributed by atoms with E-state index in [1.54, 1.807) is 26.4 Å². The minimum absolute atomic E-state index is 0.136. The van der Waals surface area contributed by atoms with Crippen molar-refractivity contribution >= 4 is 11.0 Å². The molecule has 1 heterocycles. The molecule has 0 saturated heterocycles. The molecule has 102 valence electrons. The summed E-state index contributed by atoms with van der Waals surface area (Å²) < 4.78 is 16.1. The van der Waals surface area contributed by atoms with E-state index in [9.17, 15) is 5.11 Å². The van der Waals surface area contributed by atoms with E-state index in [1.165, 1.54) is 0 Å². The summed E-state index contributed by atoms with van der Waals surface area (Å²) in [6.45, 7) is 0. The molecule has 0 amide bonds. The molecule has 0 fully saturated rings. The van der Waals surface area contributed by atoms with Crippen LogP contribution in [0.4, 0.5) is 0 Å². The fourth-order valence-electron chi connectivity index (χ4n) is 2.12. The highest BCUT2D eigenvalue weighted by Gasteiger charge is 2.09. The molecule has 0 aliphatic carbocycles. The lowest BCUT2D eigenvalue weighted by atomic mass is 10.1. The number of benzene rings is 2. The average Bonchev–Trinajstić information content (AvgIpc) is 2.89. The third kappa shape index (κ3) is 2.16. The molecule has 3 aromatic rings. The monoisotopic (exact) mass is 270 g/mol. The van der Waals surface area contributed by atoms with E-state index in [0.29, 0.717) is 11.5 Å². The lowest BCUT2D eigenvalue weighted by molar-refractivity contribution is 0.407. The lowest BCUT2D eigenvalue weighted by Gasteiger charge is -2.03. The van der Waals surface area contributed by atoms with Crippen LogP contribution in [0, 0.1) is 0 Å². The van der Waals surface area contributed by atoms with Crippen LogP contribution < -0.4 is 9.47 Å². The molecule has 3 rings (SSSR count). The Bertz CT molecular complexity index is 758. The van der Waals surface area contributed by atoms with Gasteiger partial charge in [-0.2, -0.15) is 0 Å². The highest BCUT2D eigenvalue weighted by Crippen LogP contribution is 2.33. The summed E-state index contributed by atoms with van der Waals surface area (Å²) in [6.07, 6.45) is 0. The van der Waals surface area contributed by atoms with E-state index in [4.69, 9.17) is 13.9 Å². The van der Waals surface area contributed by atoms with Crippen LogP contribution in [0.25, 0.3) is 22.3 Å². The Morgan fingerprint density at radius 2 is 1.70 bits per heavy atom. The minimum Gasteiger partial charge on any atom is -0.508 e. The van der Waals surface area contributed by atoms with Crippen molar-refractivity contribution in [3.63, 3.8) is 0 Å². The second-order valence-corrected chi connectivity index (χ2v) is 4.43. The molecule has 0 radical (unpaired) electrons. The van der Waals surface area contributed by atoms with Gasteiger partial charge in [0, 0.05) is 23.1 Å². The number of ether oxygens (including phenoxy) is 2. The van der Waals surface area contributed by atoms with Crippen LogP contribution in [0.3, 0.4) is 0 Å². The maximum atomic E-state index is 9.70. The van der Waals surface area contributed by atoms with Crippen LogP contribution in [0.1, 0.15) is 0 Å². The molecule has 4 heteroatoms. The zero-order chi connectivity index (χ0) is 14.1. The van der Waals surface area contributed by atoms with Crippen LogP contribution in [0.5, 0.6) is 17.2 Å². The summed E-state index contributed by atoms with van der Waals surface area (Å²) >= 11 is 0. The maximum Gasteiger partial charge on any atom is 0.138 e. The topological polar surface area (TPSA) is 51.8 Å². The Balaban J connectivity index is 2.12. The smallest absolute Gasteiger partial charge is 0.138 e. The number of furan rings is 1. The predicted octanol–water partition coefficient (Wildman–Crippen LogP) is 3.82. The second kappa shape index (κ2) is 4.81. The normalized spacial score (nSPS) is 10.7. The summed E-state index contributed by atoms with van der Waals surface area (Å²) in [6, 6.07) is 12.6. The fraction of sp³-hybridized carbons (Fsp3) is 0.125. The third-order valence-electron chi connectivity index (χ3n) is 3.14. The van der Waals surface area contributed by atoms with Crippen molar-refractivity contribution in [2.45, 2.75) is 0 Å². The van der Waals surface area contributed by atoms with Gasteiger partial charge >= 0.3 is 0 Å². The number of hydrogen-bond acceptors (Lipinski definition) is 4. The number of fused-ring (bicyclic) bond motifs is 1. The maximum absolute atomic E-state index is 9.70. The van der Waals surface area contributed by atoms with Gasteiger partial charge in [-0.15, -0.1) is 0 Å².